The maximum atomic E-state index is 12.5. The normalized spacial score (nSPS) is 12.0. The van der Waals surface area contributed by atoms with Crippen molar-refractivity contribution < 1.29 is 19.1 Å². The molecule has 0 radical (unpaired) electrons. The Labute approximate surface area is 161 Å². The molecule has 0 fully saturated rings. The molecule has 0 bridgehead atoms. The van der Waals surface area contributed by atoms with E-state index in [0.717, 1.165) is 0 Å². The Hall–Kier alpha value is -3.17. The predicted octanol–water partition coefficient (Wildman–Crippen LogP) is 2.66. The average Bonchev–Trinajstić information content (AvgIpc) is 2.66. The summed E-state index contributed by atoms with van der Waals surface area (Å²) in [6.07, 6.45) is 5.22. The highest BCUT2D eigenvalue weighted by molar-refractivity contribution is 6.32. The molecular formula is C20H17ClN2O4. The van der Waals surface area contributed by atoms with Gasteiger partial charge in [-0.15, -0.1) is 6.42 Å². The second-order valence-electron chi connectivity index (χ2n) is 5.76. The van der Waals surface area contributed by atoms with Crippen LogP contribution in [0.25, 0.3) is 0 Å². The minimum absolute atomic E-state index is 0.0661. The number of rotatable bonds is 5. The van der Waals surface area contributed by atoms with E-state index in [0.29, 0.717) is 46.5 Å². The van der Waals surface area contributed by atoms with Crippen LogP contribution in [0.1, 0.15) is 15.9 Å². The lowest BCUT2D eigenvalue weighted by Gasteiger charge is -2.20. The van der Waals surface area contributed by atoms with Gasteiger partial charge in [0.25, 0.3) is 5.91 Å². The minimum Gasteiger partial charge on any atom is -0.486 e. The number of hydrogen-bond acceptors (Lipinski definition) is 4. The molecule has 27 heavy (non-hydrogen) atoms. The molecule has 2 aromatic carbocycles. The van der Waals surface area contributed by atoms with Crippen molar-refractivity contribution in [2.24, 2.45) is 0 Å². The van der Waals surface area contributed by atoms with Gasteiger partial charge >= 0.3 is 0 Å². The molecule has 2 N–H and O–H groups in total. The number of carbonyl (C=O) groups is 2. The first-order valence-corrected chi connectivity index (χ1v) is 8.65. The van der Waals surface area contributed by atoms with E-state index >= 15 is 0 Å². The van der Waals surface area contributed by atoms with Gasteiger partial charge in [0, 0.05) is 0 Å². The second-order valence-corrected chi connectivity index (χ2v) is 6.17. The third-order valence-electron chi connectivity index (χ3n) is 3.82. The van der Waals surface area contributed by atoms with E-state index in [2.05, 4.69) is 16.6 Å². The molecule has 0 aliphatic carbocycles. The van der Waals surface area contributed by atoms with E-state index in [9.17, 15) is 9.59 Å². The number of carbonyl (C=O) groups excluding carboxylic acids is 2. The van der Waals surface area contributed by atoms with Crippen LogP contribution in [0.4, 0.5) is 5.69 Å². The largest absolute Gasteiger partial charge is 0.486 e. The molecule has 0 unspecified atom stereocenters. The lowest BCUT2D eigenvalue weighted by atomic mass is 10.1. The molecule has 1 aliphatic rings. The second kappa shape index (κ2) is 8.47. The molecule has 0 spiro atoms. The van der Waals surface area contributed by atoms with Crippen LogP contribution >= 0.6 is 11.6 Å². The summed E-state index contributed by atoms with van der Waals surface area (Å²) in [5.41, 5.74) is 1.41. The van der Waals surface area contributed by atoms with Crippen LogP contribution in [-0.4, -0.2) is 31.6 Å². The average molecular weight is 385 g/mol. The standard InChI is InChI=1S/C20H17ClN2O4/c1-2-7-22-20(25)14-5-3-4-6-16(14)23-18(24)12-13-10-15(21)19-17(11-13)26-8-9-27-19/h1,3-6,10-11H,7-9,12H2,(H,22,25)(H,23,24). The minimum atomic E-state index is -0.355. The molecule has 6 nitrogen and oxygen atoms in total. The van der Waals surface area contributed by atoms with Gasteiger partial charge in [0.05, 0.1) is 29.2 Å². The smallest absolute Gasteiger partial charge is 0.254 e. The number of hydrogen-bond donors (Lipinski definition) is 2. The first-order chi connectivity index (χ1) is 13.1. The van der Waals surface area contributed by atoms with Gasteiger partial charge in [-0.05, 0) is 29.8 Å². The zero-order valence-electron chi connectivity index (χ0n) is 14.4. The molecule has 7 heteroatoms. The van der Waals surface area contributed by atoms with Gasteiger partial charge in [0.1, 0.15) is 13.2 Å². The SMILES string of the molecule is C#CCNC(=O)c1ccccc1NC(=O)Cc1cc(Cl)c2c(c1)OCCO2. The van der Waals surface area contributed by atoms with Gasteiger partial charge < -0.3 is 20.1 Å². The van der Waals surface area contributed by atoms with E-state index in [4.69, 9.17) is 27.5 Å². The fourth-order valence-electron chi connectivity index (χ4n) is 2.66. The lowest BCUT2D eigenvalue weighted by Crippen LogP contribution is -2.25. The lowest BCUT2D eigenvalue weighted by molar-refractivity contribution is -0.115. The van der Waals surface area contributed by atoms with Gasteiger partial charge in [-0.2, -0.15) is 0 Å². The number of benzene rings is 2. The van der Waals surface area contributed by atoms with Crippen molar-refractivity contribution >= 4 is 29.1 Å². The van der Waals surface area contributed by atoms with Crippen LogP contribution in [0.15, 0.2) is 36.4 Å². The maximum absolute atomic E-state index is 12.5. The van der Waals surface area contributed by atoms with Gasteiger partial charge in [-0.3, -0.25) is 9.59 Å². The number of para-hydroxylation sites is 1. The van der Waals surface area contributed by atoms with Crippen LogP contribution in [0.5, 0.6) is 11.5 Å². The number of terminal acetylenes is 1. The molecule has 0 saturated heterocycles. The highest BCUT2D eigenvalue weighted by Crippen LogP contribution is 2.38. The van der Waals surface area contributed by atoms with Crippen LogP contribution < -0.4 is 20.1 Å². The number of anilines is 1. The summed E-state index contributed by atoms with van der Waals surface area (Å²) in [6, 6.07) is 10.1. The highest BCUT2D eigenvalue weighted by Gasteiger charge is 2.18. The number of nitrogens with one attached hydrogen (secondary N) is 2. The van der Waals surface area contributed by atoms with Crippen molar-refractivity contribution in [1.82, 2.24) is 5.32 Å². The Kier molecular flexibility index (Phi) is 5.84. The quantitative estimate of drug-likeness (QED) is 0.777. The van der Waals surface area contributed by atoms with E-state index in [-0.39, 0.29) is 24.8 Å². The zero-order valence-corrected chi connectivity index (χ0v) is 15.1. The van der Waals surface area contributed by atoms with Crippen LogP contribution in [0, 0.1) is 12.3 Å². The number of halogens is 1. The summed E-state index contributed by atoms with van der Waals surface area (Å²) in [5, 5.41) is 5.72. The molecule has 3 rings (SSSR count). The molecule has 138 valence electrons. The van der Waals surface area contributed by atoms with Gasteiger partial charge in [0.15, 0.2) is 11.5 Å². The third kappa shape index (κ3) is 4.52. The maximum Gasteiger partial charge on any atom is 0.254 e. The molecule has 1 aliphatic heterocycles. The van der Waals surface area contributed by atoms with Crippen LogP contribution in [0.3, 0.4) is 0 Å². The molecule has 0 saturated carbocycles. The van der Waals surface area contributed by atoms with Gasteiger partial charge in [0.2, 0.25) is 5.91 Å². The molecule has 1 heterocycles. The molecule has 0 aromatic heterocycles. The van der Waals surface area contributed by atoms with Crippen molar-refractivity contribution in [2.75, 3.05) is 25.1 Å². The van der Waals surface area contributed by atoms with Gasteiger partial charge in [-0.1, -0.05) is 29.7 Å². The molecular weight excluding hydrogens is 368 g/mol. The summed E-state index contributed by atoms with van der Waals surface area (Å²) in [6.45, 7) is 0.973. The Morgan fingerprint density at radius 2 is 1.96 bits per heavy atom. The van der Waals surface area contributed by atoms with Crippen molar-refractivity contribution in [2.45, 2.75) is 6.42 Å². The first kappa shape index (κ1) is 18.6. The molecule has 2 aromatic rings. The zero-order chi connectivity index (χ0) is 19.2. The fourth-order valence-corrected chi connectivity index (χ4v) is 2.95. The summed E-state index contributed by atoms with van der Waals surface area (Å²) >= 11 is 6.20. The van der Waals surface area contributed by atoms with Crippen molar-refractivity contribution in [3.05, 3.63) is 52.5 Å². The van der Waals surface area contributed by atoms with E-state index in [1.54, 1.807) is 36.4 Å². The van der Waals surface area contributed by atoms with E-state index in [1.807, 2.05) is 0 Å². The van der Waals surface area contributed by atoms with Crippen molar-refractivity contribution in [3.63, 3.8) is 0 Å². The summed E-state index contributed by atoms with van der Waals surface area (Å²) in [5.74, 6) is 2.70. The van der Waals surface area contributed by atoms with Crippen molar-refractivity contribution in [1.29, 1.82) is 0 Å². The topological polar surface area (TPSA) is 76.7 Å². The van der Waals surface area contributed by atoms with Crippen molar-refractivity contribution in [3.8, 4) is 23.8 Å². The first-order valence-electron chi connectivity index (χ1n) is 8.27. The summed E-state index contributed by atoms with van der Waals surface area (Å²) < 4.78 is 11.0. The highest BCUT2D eigenvalue weighted by atomic mass is 35.5. The third-order valence-corrected chi connectivity index (χ3v) is 4.10. The Morgan fingerprint density at radius 3 is 2.78 bits per heavy atom. The summed E-state index contributed by atoms with van der Waals surface area (Å²) in [7, 11) is 0. The Bertz CT molecular complexity index is 921. The monoisotopic (exact) mass is 384 g/mol. The van der Waals surface area contributed by atoms with E-state index < -0.39 is 0 Å². The number of amides is 2. The number of ether oxygens (including phenoxy) is 2. The Morgan fingerprint density at radius 1 is 1.19 bits per heavy atom. The molecule has 2 amide bonds. The van der Waals surface area contributed by atoms with Crippen LogP contribution in [-0.2, 0) is 11.2 Å². The fraction of sp³-hybridized carbons (Fsp3) is 0.200. The van der Waals surface area contributed by atoms with E-state index in [1.165, 1.54) is 0 Å². The number of fused-ring (bicyclic) bond motifs is 1. The van der Waals surface area contributed by atoms with Gasteiger partial charge in [-0.25, -0.2) is 0 Å². The van der Waals surface area contributed by atoms with Crippen LogP contribution in [0.2, 0.25) is 5.02 Å². The Balaban J connectivity index is 1.73. The molecule has 0 atom stereocenters. The summed E-state index contributed by atoms with van der Waals surface area (Å²) in [4.78, 5) is 24.6. The predicted molar refractivity (Wildman–Crippen MR) is 102 cm³/mol.